The lowest BCUT2D eigenvalue weighted by molar-refractivity contribution is -0.691. The van der Waals surface area contributed by atoms with E-state index in [1.807, 2.05) is 0 Å². The highest BCUT2D eigenvalue weighted by molar-refractivity contribution is 5.82. The van der Waals surface area contributed by atoms with Gasteiger partial charge in [-0.05, 0) is 47.9 Å². The number of amides is 1. The number of benzene rings is 3. The second kappa shape index (κ2) is 11.6. The highest BCUT2D eigenvalue weighted by Crippen LogP contribution is 2.43. The fourth-order valence-corrected chi connectivity index (χ4v) is 7.21. The number of hydrogen-bond donors (Lipinski definition) is 2. The second-order valence-electron chi connectivity index (χ2n) is 10.8. The Bertz CT molecular complexity index is 1210. The maximum absolute atomic E-state index is 14.5. The molecule has 1 amide bonds. The van der Waals surface area contributed by atoms with Crippen LogP contribution in [-0.2, 0) is 16.8 Å². The first-order valence-corrected chi connectivity index (χ1v) is 13.3. The van der Waals surface area contributed by atoms with Gasteiger partial charge in [0.25, 0.3) is 0 Å². The maximum Gasteiger partial charge on any atom is 0.233 e. The van der Waals surface area contributed by atoms with Crippen molar-refractivity contribution in [2.75, 3.05) is 26.2 Å². The number of nitrogens with two attached hydrogens (primary N) is 2. The minimum Gasteiger partial charge on any atom is -1.00 e. The molecule has 37 heavy (non-hydrogen) atoms. The van der Waals surface area contributed by atoms with Crippen LogP contribution in [0.2, 0.25) is 0 Å². The maximum atomic E-state index is 14.5. The number of carbonyl (C=O) groups is 1. The summed E-state index contributed by atoms with van der Waals surface area (Å²) in [6, 6.07) is 28.5. The van der Waals surface area contributed by atoms with Crippen molar-refractivity contribution < 1.29 is 40.2 Å². The van der Waals surface area contributed by atoms with Crippen molar-refractivity contribution in [3.8, 4) is 0 Å². The molecule has 1 spiro atoms. The lowest BCUT2D eigenvalue weighted by Gasteiger charge is -2.43. The van der Waals surface area contributed by atoms with Crippen LogP contribution in [-0.4, -0.2) is 37.0 Å². The van der Waals surface area contributed by atoms with Crippen LogP contribution in [0, 0.1) is 12.8 Å². The number of piperidine rings is 1. The third kappa shape index (κ3) is 4.93. The van der Waals surface area contributed by atoms with Gasteiger partial charge >= 0.3 is 0 Å². The molecular weight excluding hydrogens is 501 g/mol. The van der Waals surface area contributed by atoms with Crippen LogP contribution in [0.1, 0.15) is 52.6 Å². The molecule has 4 N–H and O–H groups in total. The number of rotatable bonds is 3. The van der Waals surface area contributed by atoms with Crippen LogP contribution in [0.4, 0.5) is 0 Å². The van der Waals surface area contributed by atoms with Crippen LogP contribution < -0.4 is 35.4 Å². The number of hydrogen-bond acceptors (Lipinski definition) is 1. The topological polar surface area (TPSA) is 53.5 Å². The molecule has 196 valence electrons. The minimum absolute atomic E-state index is 0. The van der Waals surface area contributed by atoms with Crippen molar-refractivity contribution in [3.05, 3.63) is 107 Å². The highest BCUT2D eigenvalue weighted by atomic mass is 35.5. The van der Waals surface area contributed by atoms with E-state index in [1.54, 1.807) is 0 Å². The summed E-state index contributed by atoms with van der Waals surface area (Å²) in [5.74, 6) is 0.877. The quantitative estimate of drug-likeness (QED) is 0.360. The zero-order valence-electron chi connectivity index (χ0n) is 21.5. The number of nitrogens with zero attached hydrogens (tertiary/aromatic N) is 1. The number of carbonyl (C=O) groups excluding carboxylic acids is 1. The zero-order chi connectivity index (χ0) is 23.8. The van der Waals surface area contributed by atoms with Crippen LogP contribution in [0.25, 0.3) is 0 Å². The normalized spacial score (nSPS) is 26.6. The van der Waals surface area contributed by atoms with Gasteiger partial charge in [-0.1, -0.05) is 78.9 Å². The molecule has 0 radical (unpaired) electrons. The fraction of sp³-hybridized carbons (Fsp3) is 0.387. The summed E-state index contributed by atoms with van der Waals surface area (Å²) in [6.07, 6.45) is 2.02. The predicted molar refractivity (Wildman–Crippen MR) is 138 cm³/mol. The zero-order valence-corrected chi connectivity index (χ0v) is 23.0. The van der Waals surface area contributed by atoms with Crippen LogP contribution in [0.15, 0.2) is 78.9 Å². The molecule has 6 rings (SSSR count). The van der Waals surface area contributed by atoms with Crippen LogP contribution in [0.5, 0.6) is 0 Å². The Labute approximate surface area is 233 Å². The van der Waals surface area contributed by atoms with Gasteiger partial charge in [0.1, 0.15) is 17.9 Å². The summed E-state index contributed by atoms with van der Waals surface area (Å²) in [5.41, 5.74) is 6.84. The highest BCUT2D eigenvalue weighted by Gasteiger charge is 2.56. The molecular formula is C31H37Cl2N3O. The number of aryl methyl sites for hydroxylation is 1. The Morgan fingerprint density at radius 1 is 0.865 bits per heavy atom. The van der Waals surface area contributed by atoms with Gasteiger partial charge in [-0.2, -0.15) is 0 Å². The second-order valence-corrected chi connectivity index (χ2v) is 10.8. The fourth-order valence-electron chi connectivity index (χ4n) is 7.21. The molecule has 0 saturated carbocycles. The van der Waals surface area contributed by atoms with Crippen molar-refractivity contribution in [3.63, 3.8) is 0 Å². The smallest absolute Gasteiger partial charge is 0.233 e. The molecule has 0 aromatic heterocycles. The third-order valence-corrected chi connectivity index (χ3v) is 9.02. The van der Waals surface area contributed by atoms with Gasteiger partial charge in [0, 0.05) is 12.1 Å². The lowest BCUT2D eigenvalue weighted by atomic mass is 9.67. The van der Waals surface area contributed by atoms with E-state index in [1.165, 1.54) is 27.8 Å². The summed E-state index contributed by atoms with van der Waals surface area (Å²) in [6.45, 7) is 6.98. The van der Waals surface area contributed by atoms with Crippen molar-refractivity contribution in [1.82, 2.24) is 4.90 Å². The Hall–Kier alpha value is -2.37. The van der Waals surface area contributed by atoms with E-state index in [9.17, 15) is 4.79 Å². The van der Waals surface area contributed by atoms with E-state index in [2.05, 4.69) is 101 Å². The summed E-state index contributed by atoms with van der Waals surface area (Å²) >= 11 is 0. The summed E-state index contributed by atoms with van der Waals surface area (Å²) in [7, 11) is 0. The number of halogens is 2. The Morgan fingerprint density at radius 3 is 2.27 bits per heavy atom. The van der Waals surface area contributed by atoms with Gasteiger partial charge in [-0.15, -0.1) is 0 Å². The van der Waals surface area contributed by atoms with Crippen molar-refractivity contribution in [1.29, 1.82) is 0 Å². The van der Waals surface area contributed by atoms with E-state index < -0.39 is 0 Å². The molecule has 3 aliphatic heterocycles. The predicted octanol–water partition coefficient (Wildman–Crippen LogP) is -3.34. The van der Waals surface area contributed by atoms with Crippen molar-refractivity contribution in [2.45, 2.75) is 43.7 Å². The average molecular weight is 539 g/mol. The van der Waals surface area contributed by atoms with Gasteiger partial charge in [-0.25, -0.2) is 0 Å². The summed E-state index contributed by atoms with van der Waals surface area (Å²) in [4.78, 5) is 16.7. The van der Waals surface area contributed by atoms with E-state index >= 15 is 0 Å². The molecule has 2 fully saturated rings. The van der Waals surface area contributed by atoms with Gasteiger partial charge in [0.2, 0.25) is 5.91 Å². The first-order valence-electron chi connectivity index (χ1n) is 13.3. The molecule has 3 aromatic rings. The van der Waals surface area contributed by atoms with Crippen molar-refractivity contribution >= 4 is 5.91 Å². The summed E-state index contributed by atoms with van der Waals surface area (Å²) in [5, 5.41) is 4.83. The standard InChI is InChI=1S/C31H35N3O.2ClH/c1-22-9-8-14-27-26(22)18-32-20-31(27)21-33-19-28(31)30(35)34-16-15-25(23-10-4-2-5-11-23)17-29(34)24-12-6-3-7-13-24;;/h2-14,25,28-29,32-33H,15-21H2,1H3;2*1H/t25-,28+,29+,31+;;/m1../s1. The number of fused-ring (bicyclic) bond motifs is 2. The molecule has 3 heterocycles. The average Bonchev–Trinajstić information content (AvgIpc) is 3.33. The van der Waals surface area contributed by atoms with Crippen LogP contribution >= 0.6 is 0 Å². The Morgan fingerprint density at radius 2 is 1.54 bits per heavy atom. The van der Waals surface area contributed by atoms with E-state index in [-0.39, 0.29) is 42.2 Å². The molecule has 2 saturated heterocycles. The summed E-state index contributed by atoms with van der Waals surface area (Å²) < 4.78 is 0. The Kier molecular flexibility index (Phi) is 8.65. The molecule has 3 aromatic carbocycles. The largest absolute Gasteiger partial charge is 1.00 e. The van der Waals surface area contributed by atoms with Crippen molar-refractivity contribution in [2.24, 2.45) is 5.92 Å². The molecule has 0 unspecified atom stereocenters. The monoisotopic (exact) mass is 537 g/mol. The van der Waals surface area contributed by atoms with Gasteiger partial charge < -0.3 is 40.3 Å². The molecule has 0 bridgehead atoms. The molecule has 3 aliphatic rings. The first kappa shape index (κ1) is 27.7. The van der Waals surface area contributed by atoms with Crippen LogP contribution in [0.3, 0.4) is 0 Å². The first-order chi connectivity index (χ1) is 17.2. The lowest BCUT2D eigenvalue weighted by Crippen LogP contribution is -3.00. The molecule has 6 heteroatoms. The van der Waals surface area contributed by atoms with E-state index in [0.29, 0.717) is 11.8 Å². The van der Waals surface area contributed by atoms with Gasteiger partial charge in [-0.3, -0.25) is 4.79 Å². The minimum atomic E-state index is -0.0752. The molecule has 4 nitrogen and oxygen atoms in total. The SMILES string of the molecule is Cc1cccc2c1C[NH2+]C[C@]21C[NH2+]C[C@H]1C(=O)N1CC[C@@H](c2ccccc2)C[C@H]1c1ccccc1.[Cl-].[Cl-]. The van der Waals surface area contributed by atoms with Gasteiger partial charge in [0.05, 0.1) is 25.7 Å². The molecule has 0 aliphatic carbocycles. The van der Waals surface area contributed by atoms with E-state index in [4.69, 9.17) is 0 Å². The number of likely N-dealkylation sites (tertiary alicyclic amines) is 1. The van der Waals surface area contributed by atoms with E-state index in [0.717, 1.165) is 45.6 Å². The Balaban J connectivity index is 0.00000160. The van der Waals surface area contributed by atoms with Gasteiger partial charge in [0.15, 0.2) is 0 Å². The third-order valence-electron chi connectivity index (χ3n) is 9.02. The number of quaternary nitrogens is 2. The molecule has 4 atom stereocenters.